The number of urea groups is 1. The van der Waals surface area contributed by atoms with Gasteiger partial charge in [-0.05, 0) is 44.4 Å². The smallest absolute Gasteiger partial charge is 0.324 e. The predicted octanol–water partition coefficient (Wildman–Crippen LogP) is 2.69. The minimum absolute atomic E-state index is 0.120. The summed E-state index contributed by atoms with van der Waals surface area (Å²) in [4.78, 5) is 53.7. The van der Waals surface area contributed by atoms with Crippen molar-refractivity contribution in [1.82, 2.24) is 10.2 Å². The third kappa shape index (κ3) is 4.08. The number of benzene rings is 2. The Hall–Kier alpha value is -3.68. The normalized spacial score (nSPS) is 22.8. The van der Waals surface area contributed by atoms with Gasteiger partial charge in [0.1, 0.15) is 12.1 Å². The maximum Gasteiger partial charge on any atom is 0.325 e. The van der Waals surface area contributed by atoms with Gasteiger partial charge in [-0.3, -0.25) is 19.3 Å². The monoisotopic (exact) mass is 434 g/mol. The van der Waals surface area contributed by atoms with E-state index in [0.29, 0.717) is 24.2 Å². The second kappa shape index (κ2) is 8.45. The molecule has 2 aromatic carbocycles. The van der Waals surface area contributed by atoms with Gasteiger partial charge in [-0.1, -0.05) is 42.5 Å². The summed E-state index contributed by atoms with van der Waals surface area (Å²) >= 11 is 0. The van der Waals surface area contributed by atoms with Crippen molar-refractivity contribution in [3.05, 3.63) is 60.2 Å². The highest BCUT2D eigenvalue weighted by Gasteiger charge is 2.48. The Morgan fingerprint density at radius 1 is 1.06 bits per heavy atom. The van der Waals surface area contributed by atoms with Gasteiger partial charge in [0.15, 0.2) is 0 Å². The number of amides is 5. The molecular formula is C24H26N4O4. The Morgan fingerprint density at radius 3 is 2.50 bits per heavy atom. The van der Waals surface area contributed by atoms with Gasteiger partial charge in [-0.2, -0.15) is 0 Å². The molecule has 2 N–H and O–H groups in total. The summed E-state index contributed by atoms with van der Waals surface area (Å²) in [6.45, 7) is 3.07. The van der Waals surface area contributed by atoms with Crippen LogP contribution in [0.2, 0.25) is 0 Å². The van der Waals surface area contributed by atoms with Crippen molar-refractivity contribution >= 4 is 35.1 Å². The third-order valence-electron chi connectivity index (χ3n) is 6.02. The van der Waals surface area contributed by atoms with E-state index in [1.165, 1.54) is 4.90 Å². The number of fused-ring (bicyclic) bond motifs is 1. The number of hydrogen-bond acceptors (Lipinski definition) is 4. The highest BCUT2D eigenvalue weighted by atomic mass is 16.2. The van der Waals surface area contributed by atoms with Crippen LogP contribution in [-0.4, -0.2) is 46.8 Å². The molecule has 0 saturated carbocycles. The molecule has 1 fully saturated rings. The summed E-state index contributed by atoms with van der Waals surface area (Å²) in [5, 5.41) is 5.56. The lowest BCUT2D eigenvalue weighted by atomic mass is 9.93. The fraction of sp³-hybridized carbons (Fsp3) is 0.333. The van der Waals surface area contributed by atoms with Crippen LogP contribution >= 0.6 is 0 Å². The molecular weight excluding hydrogens is 408 g/mol. The largest absolute Gasteiger partial charge is 0.325 e. The summed E-state index contributed by atoms with van der Waals surface area (Å²) in [6.07, 6.45) is 1.17. The Morgan fingerprint density at radius 2 is 1.75 bits per heavy atom. The first kappa shape index (κ1) is 21.5. The van der Waals surface area contributed by atoms with Crippen molar-refractivity contribution in [2.75, 3.05) is 16.8 Å². The van der Waals surface area contributed by atoms with E-state index in [0.717, 1.165) is 10.5 Å². The minimum Gasteiger partial charge on any atom is -0.324 e. The van der Waals surface area contributed by atoms with Crippen molar-refractivity contribution in [3.63, 3.8) is 0 Å². The maximum absolute atomic E-state index is 13.3. The van der Waals surface area contributed by atoms with Gasteiger partial charge in [0.25, 0.3) is 5.91 Å². The lowest BCUT2D eigenvalue weighted by Gasteiger charge is -2.29. The van der Waals surface area contributed by atoms with Crippen molar-refractivity contribution in [3.8, 4) is 0 Å². The first-order valence-electron chi connectivity index (χ1n) is 10.7. The van der Waals surface area contributed by atoms with Crippen LogP contribution in [0, 0.1) is 0 Å². The van der Waals surface area contributed by atoms with Crippen molar-refractivity contribution < 1.29 is 19.2 Å². The predicted molar refractivity (Wildman–Crippen MR) is 120 cm³/mol. The summed E-state index contributed by atoms with van der Waals surface area (Å²) in [5.41, 5.74) is 1.07. The van der Waals surface area contributed by atoms with Crippen LogP contribution in [0.4, 0.5) is 16.2 Å². The third-order valence-corrected chi connectivity index (χ3v) is 6.02. The van der Waals surface area contributed by atoms with E-state index in [1.54, 1.807) is 38.1 Å². The second-order valence-corrected chi connectivity index (χ2v) is 8.52. The first-order chi connectivity index (χ1) is 15.3. The number of carbonyl (C=O) groups is 4. The molecule has 0 radical (unpaired) electrons. The first-order valence-corrected chi connectivity index (χ1v) is 10.7. The van der Waals surface area contributed by atoms with Gasteiger partial charge in [0, 0.05) is 12.5 Å². The number of para-hydroxylation sites is 2. The Kier molecular flexibility index (Phi) is 5.69. The van der Waals surface area contributed by atoms with E-state index in [-0.39, 0.29) is 12.3 Å². The molecule has 32 heavy (non-hydrogen) atoms. The Labute approximate surface area is 186 Å². The molecule has 0 unspecified atom stereocenters. The molecule has 8 nitrogen and oxygen atoms in total. The zero-order valence-electron chi connectivity index (χ0n) is 18.1. The zero-order valence-corrected chi connectivity index (χ0v) is 18.1. The van der Waals surface area contributed by atoms with Crippen molar-refractivity contribution in [2.45, 2.75) is 44.7 Å². The lowest BCUT2D eigenvalue weighted by molar-refractivity contribution is -0.134. The van der Waals surface area contributed by atoms with Crippen molar-refractivity contribution in [1.29, 1.82) is 0 Å². The summed E-state index contributed by atoms with van der Waals surface area (Å²) in [5.74, 6) is -1.03. The highest BCUT2D eigenvalue weighted by molar-refractivity contribution is 6.11. The van der Waals surface area contributed by atoms with Gasteiger partial charge in [-0.15, -0.1) is 0 Å². The Balaban J connectivity index is 1.51. The number of imide groups is 1. The van der Waals surface area contributed by atoms with Gasteiger partial charge in [-0.25, -0.2) is 4.79 Å². The van der Waals surface area contributed by atoms with Gasteiger partial charge < -0.3 is 15.5 Å². The number of hydrogen-bond donors (Lipinski definition) is 2. The van der Waals surface area contributed by atoms with E-state index < -0.39 is 36.0 Å². The molecule has 5 amide bonds. The fourth-order valence-corrected chi connectivity index (χ4v) is 4.28. The molecule has 0 aromatic heterocycles. The van der Waals surface area contributed by atoms with E-state index in [9.17, 15) is 19.2 Å². The highest BCUT2D eigenvalue weighted by Crippen LogP contribution is 2.32. The topological polar surface area (TPSA) is 98.8 Å². The summed E-state index contributed by atoms with van der Waals surface area (Å²) < 4.78 is 0. The van der Waals surface area contributed by atoms with Crippen LogP contribution in [0.1, 0.15) is 32.3 Å². The molecule has 166 valence electrons. The number of carbonyl (C=O) groups excluding carboxylic acids is 4. The van der Waals surface area contributed by atoms with E-state index >= 15 is 0 Å². The number of rotatable bonds is 5. The van der Waals surface area contributed by atoms with E-state index in [4.69, 9.17) is 0 Å². The maximum atomic E-state index is 13.3. The summed E-state index contributed by atoms with van der Waals surface area (Å²) in [6, 6.07) is 15.7. The Bertz CT molecular complexity index is 1070. The molecule has 2 aliphatic rings. The molecule has 4 rings (SSSR count). The molecule has 8 heteroatoms. The second-order valence-electron chi connectivity index (χ2n) is 8.52. The average molecular weight is 434 g/mol. The lowest BCUT2D eigenvalue weighted by Crippen LogP contribution is -2.48. The zero-order chi connectivity index (χ0) is 22.9. The molecule has 2 aliphatic heterocycles. The quantitative estimate of drug-likeness (QED) is 0.707. The molecule has 0 spiro atoms. The van der Waals surface area contributed by atoms with Crippen LogP contribution in [0.15, 0.2) is 54.6 Å². The molecule has 1 saturated heterocycles. The van der Waals surface area contributed by atoms with Crippen molar-refractivity contribution in [2.24, 2.45) is 0 Å². The van der Waals surface area contributed by atoms with Crippen LogP contribution in [0.25, 0.3) is 0 Å². The molecule has 2 heterocycles. The van der Waals surface area contributed by atoms with Crippen LogP contribution in [-0.2, 0) is 20.8 Å². The van der Waals surface area contributed by atoms with Gasteiger partial charge in [0.05, 0.1) is 11.4 Å². The number of anilines is 2. The van der Waals surface area contributed by atoms with E-state index in [1.807, 2.05) is 30.3 Å². The molecule has 2 aromatic rings. The SMILES string of the molecule is C[C@@H]1CC(=O)Nc2ccccc2N1C(=O)CN1C(=O)N[C@](C)(CCc2ccccc2)C1=O. The standard InChI is InChI=1S/C24H26N4O4/c1-16-14-20(29)25-18-10-6-7-11-19(18)28(16)21(30)15-27-22(31)24(2,26-23(27)32)13-12-17-8-4-3-5-9-17/h3-11,16H,12-15H2,1-2H3,(H,25,29)(H,26,32)/t16-,24-/m1/s1. The van der Waals surface area contributed by atoms with Crippen LogP contribution < -0.4 is 15.5 Å². The van der Waals surface area contributed by atoms with Gasteiger partial charge >= 0.3 is 6.03 Å². The fourth-order valence-electron chi connectivity index (χ4n) is 4.28. The number of nitrogens with zero attached hydrogens (tertiary/aromatic N) is 2. The van der Waals surface area contributed by atoms with E-state index in [2.05, 4.69) is 10.6 Å². The average Bonchev–Trinajstić information content (AvgIpc) is 2.89. The minimum atomic E-state index is -1.08. The van der Waals surface area contributed by atoms with Crippen LogP contribution in [0.5, 0.6) is 0 Å². The summed E-state index contributed by atoms with van der Waals surface area (Å²) in [7, 11) is 0. The molecule has 0 aliphatic carbocycles. The van der Waals surface area contributed by atoms with Crippen LogP contribution in [0.3, 0.4) is 0 Å². The number of nitrogens with one attached hydrogen (secondary N) is 2. The number of aryl methyl sites for hydroxylation is 1. The molecule has 0 bridgehead atoms. The van der Waals surface area contributed by atoms with Gasteiger partial charge in [0.2, 0.25) is 11.8 Å². The molecule has 2 atom stereocenters.